The molecule has 0 spiro atoms. The SMILES string of the molecule is CN(Cc1csnn1)C[C@@H]1CCN(C)[C@H]1c1cccnc1. The lowest BCUT2D eigenvalue weighted by molar-refractivity contribution is 0.212. The van der Waals surface area contributed by atoms with Crippen molar-refractivity contribution in [3.63, 3.8) is 0 Å². The van der Waals surface area contributed by atoms with E-state index in [1.807, 2.05) is 23.8 Å². The minimum Gasteiger partial charge on any atom is -0.300 e. The number of hydrogen-bond acceptors (Lipinski definition) is 6. The van der Waals surface area contributed by atoms with Gasteiger partial charge >= 0.3 is 0 Å². The van der Waals surface area contributed by atoms with Crippen molar-refractivity contribution < 1.29 is 0 Å². The van der Waals surface area contributed by atoms with Gasteiger partial charge in [-0.05, 0) is 56.1 Å². The molecule has 3 rings (SSSR count). The summed E-state index contributed by atoms with van der Waals surface area (Å²) in [6.45, 7) is 3.09. The average molecular weight is 303 g/mol. The van der Waals surface area contributed by atoms with E-state index < -0.39 is 0 Å². The Morgan fingerprint density at radius 1 is 1.48 bits per heavy atom. The predicted molar refractivity (Wildman–Crippen MR) is 84.0 cm³/mol. The number of likely N-dealkylation sites (tertiary alicyclic amines) is 1. The molecule has 0 radical (unpaired) electrons. The van der Waals surface area contributed by atoms with Gasteiger partial charge in [-0.2, -0.15) is 0 Å². The lowest BCUT2D eigenvalue weighted by Crippen LogP contribution is -2.30. The summed E-state index contributed by atoms with van der Waals surface area (Å²) in [5, 5.41) is 6.15. The van der Waals surface area contributed by atoms with Crippen LogP contribution in [0.25, 0.3) is 0 Å². The molecule has 5 nitrogen and oxygen atoms in total. The zero-order chi connectivity index (χ0) is 14.7. The number of pyridine rings is 1. The first-order valence-electron chi connectivity index (χ1n) is 7.28. The highest BCUT2D eigenvalue weighted by molar-refractivity contribution is 7.03. The van der Waals surface area contributed by atoms with Crippen molar-refractivity contribution in [2.24, 2.45) is 5.92 Å². The van der Waals surface area contributed by atoms with E-state index in [4.69, 9.17) is 0 Å². The Bertz CT molecular complexity index is 544. The summed E-state index contributed by atoms with van der Waals surface area (Å²) in [5.74, 6) is 0.635. The molecule has 0 N–H and O–H groups in total. The zero-order valence-corrected chi connectivity index (χ0v) is 13.3. The van der Waals surface area contributed by atoms with Crippen LogP contribution in [0, 0.1) is 5.92 Å². The normalized spacial score (nSPS) is 23.0. The fraction of sp³-hybridized carbons (Fsp3) is 0.533. The van der Waals surface area contributed by atoms with E-state index in [0.717, 1.165) is 25.3 Å². The Morgan fingerprint density at radius 3 is 3.10 bits per heavy atom. The second-order valence-corrected chi connectivity index (χ2v) is 6.46. The molecular weight excluding hydrogens is 282 g/mol. The van der Waals surface area contributed by atoms with E-state index >= 15 is 0 Å². The van der Waals surface area contributed by atoms with Crippen LogP contribution < -0.4 is 0 Å². The van der Waals surface area contributed by atoms with Crippen LogP contribution in [-0.4, -0.2) is 51.6 Å². The minimum atomic E-state index is 0.467. The first-order valence-corrected chi connectivity index (χ1v) is 8.12. The summed E-state index contributed by atoms with van der Waals surface area (Å²) in [4.78, 5) is 9.08. The van der Waals surface area contributed by atoms with Crippen molar-refractivity contribution in [1.29, 1.82) is 0 Å². The molecule has 1 saturated heterocycles. The van der Waals surface area contributed by atoms with Gasteiger partial charge in [0.1, 0.15) is 0 Å². The first-order chi connectivity index (χ1) is 10.2. The number of aromatic nitrogens is 3. The lowest BCUT2D eigenvalue weighted by atomic mass is 9.94. The van der Waals surface area contributed by atoms with Gasteiger partial charge in [0.25, 0.3) is 0 Å². The summed E-state index contributed by atoms with van der Waals surface area (Å²) >= 11 is 1.42. The van der Waals surface area contributed by atoms with Gasteiger partial charge < -0.3 is 4.90 Å². The second kappa shape index (κ2) is 6.60. The van der Waals surface area contributed by atoms with Crippen LogP contribution in [0.1, 0.15) is 23.7 Å². The highest BCUT2D eigenvalue weighted by atomic mass is 32.1. The third-order valence-electron chi connectivity index (χ3n) is 4.18. The highest BCUT2D eigenvalue weighted by Gasteiger charge is 2.33. The topological polar surface area (TPSA) is 45.2 Å². The molecule has 6 heteroatoms. The molecule has 0 saturated carbocycles. The summed E-state index contributed by atoms with van der Waals surface area (Å²) < 4.78 is 3.93. The molecular formula is C15H21N5S. The van der Waals surface area contributed by atoms with E-state index in [9.17, 15) is 0 Å². The van der Waals surface area contributed by atoms with Crippen LogP contribution in [0.15, 0.2) is 29.9 Å². The average Bonchev–Trinajstić information content (AvgIpc) is 3.10. The molecule has 112 valence electrons. The highest BCUT2D eigenvalue weighted by Crippen LogP contribution is 2.36. The molecule has 0 bridgehead atoms. The van der Waals surface area contributed by atoms with Crippen molar-refractivity contribution in [1.82, 2.24) is 24.4 Å². The van der Waals surface area contributed by atoms with E-state index in [1.165, 1.54) is 23.5 Å². The third kappa shape index (κ3) is 3.45. The Hall–Kier alpha value is -1.37. The molecule has 1 aliphatic heterocycles. The van der Waals surface area contributed by atoms with Crippen molar-refractivity contribution in [3.8, 4) is 0 Å². The maximum Gasteiger partial charge on any atom is 0.0895 e. The van der Waals surface area contributed by atoms with Crippen molar-refractivity contribution in [3.05, 3.63) is 41.2 Å². The van der Waals surface area contributed by atoms with Crippen LogP contribution in [-0.2, 0) is 6.54 Å². The Labute approximate surface area is 129 Å². The Kier molecular flexibility index (Phi) is 4.57. The van der Waals surface area contributed by atoms with Gasteiger partial charge in [0, 0.05) is 36.9 Å². The minimum absolute atomic E-state index is 0.467. The molecule has 2 atom stereocenters. The molecule has 3 heterocycles. The number of rotatable bonds is 5. The third-order valence-corrected chi connectivity index (χ3v) is 4.74. The fourth-order valence-electron chi connectivity index (χ4n) is 3.29. The van der Waals surface area contributed by atoms with E-state index in [0.29, 0.717) is 12.0 Å². The predicted octanol–water partition coefficient (Wildman–Crippen LogP) is 2.06. The lowest BCUT2D eigenvalue weighted by Gasteiger charge is -2.28. The molecule has 0 aliphatic carbocycles. The number of nitrogens with zero attached hydrogens (tertiary/aromatic N) is 5. The molecule has 0 amide bonds. The van der Waals surface area contributed by atoms with Gasteiger partial charge in [-0.25, -0.2) is 0 Å². The smallest absolute Gasteiger partial charge is 0.0895 e. The van der Waals surface area contributed by atoms with Crippen LogP contribution in [0.2, 0.25) is 0 Å². The van der Waals surface area contributed by atoms with Crippen molar-refractivity contribution >= 4 is 11.5 Å². The first kappa shape index (κ1) is 14.6. The van der Waals surface area contributed by atoms with Crippen molar-refractivity contribution in [2.45, 2.75) is 19.0 Å². The van der Waals surface area contributed by atoms with Crippen LogP contribution in [0.3, 0.4) is 0 Å². The summed E-state index contributed by atoms with van der Waals surface area (Å²) in [6.07, 6.45) is 5.08. The van der Waals surface area contributed by atoms with Gasteiger partial charge in [-0.1, -0.05) is 10.6 Å². The standard InChI is InChI=1S/C15H21N5S/c1-19(10-14-11-21-18-17-14)9-13-5-7-20(2)15(13)12-4-3-6-16-8-12/h3-4,6,8,11,13,15H,5,7,9-10H2,1-2H3/t13-,15-/m0/s1. The van der Waals surface area contributed by atoms with E-state index in [-0.39, 0.29) is 0 Å². The van der Waals surface area contributed by atoms with E-state index in [2.05, 4.69) is 44.5 Å². The van der Waals surface area contributed by atoms with E-state index in [1.54, 1.807) is 0 Å². The maximum atomic E-state index is 4.28. The fourth-order valence-corrected chi connectivity index (χ4v) is 3.73. The molecule has 0 aromatic carbocycles. The molecule has 1 aliphatic rings. The summed E-state index contributed by atoms with van der Waals surface area (Å²) in [6, 6.07) is 4.69. The van der Waals surface area contributed by atoms with Crippen molar-refractivity contribution in [2.75, 3.05) is 27.2 Å². The van der Waals surface area contributed by atoms with Gasteiger partial charge in [0.05, 0.1) is 5.69 Å². The Morgan fingerprint density at radius 2 is 2.38 bits per heavy atom. The quantitative estimate of drug-likeness (QED) is 0.846. The molecule has 2 aromatic rings. The second-order valence-electron chi connectivity index (χ2n) is 5.85. The van der Waals surface area contributed by atoms with Crippen LogP contribution >= 0.6 is 11.5 Å². The molecule has 0 unspecified atom stereocenters. The molecule has 1 fully saturated rings. The van der Waals surface area contributed by atoms with Gasteiger partial charge in [-0.3, -0.25) is 9.88 Å². The zero-order valence-electron chi connectivity index (χ0n) is 12.5. The van der Waals surface area contributed by atoms with Gasteiger partial charge in [-0.15, -0.1) is 5.10 Å². The monoisotopic (exact) mass is 303 g/mol. The van der Waals surface area contributed by atoms with Gasteiger partial charge in [0.2, 0.25) is 0 Å². The summed E-state index contributed by atoms with van der Waals surface area (Å²) in [5.41, 5.74) is 2.39. The summed E-state index contributed by atoms with van der Waals surface area (Å²) in [7, 11) is 4.37. The van der Waals surface area contributed by atoms with Gasteiger partial charge in [0.15, 0.2) is 0 Å². The van der Waals surface area contributed by atoms with Crippen LogP contribution in [0.4, 0.5) is 0 Å². The van der Waals surface area contributed by atoms with Crippen LogP contribution in [0.5, 0.6) is 0 Å². The molecule has 2 aromatic heterocycles. The largest absolute Gasteiger partial charge is 0.300 e. The maximum absolute atomic E-state index is 4.28. The molecule has 21 heavy (non-hydrogen) atoms. The Balaban J connectivity index is 1.66. The number of hydrogen-bond donors (Lipinski definition) is 0.